The second-order valence-electron chi connectivity index (χ2n) is 11.6. The summed E-state index contributed by atoms with van der Waals surface area (Å²) in [5, 5.41) is 17.9. The minimum absolute atomic E-state index is 0.222. The van der Waals surface area contributed by atoms with Gasteiger partial charge in [0, 0.05) is 12.1 Å². The lowest BCUT2D eigenvalue weighted by Gasteiger charge is -2.34. The molecule has 0 aliphatic heterocycles. The fourth-order valence-corrected chi connectivity index (χ4v) is 6.18. The Bertz CT molecular complexity index is 1780. The van der Waals surface area contributed by atoms with Crippen molar-refractivity contribution in [3.8, 4) is 22.5 Å². The Kier molecular flexibility index (Phi) is 9.94. The third-order valence-electron chi connectivity index (χ3n) is 8.61. The summed E-state index contributed by atoms with van der Waals surface area (Å²) < 4.78 is 5.01. The molecule has 1 heterocycles. The SMILES string of the molecule is CCCCC(NCc1ccc(-c2ccccc2-c2nnn(C(c3ccccc3)(c3ccccc3)c3ccccc3)n2)cc1)C(=O)OC. The van der Waals surface area contributed by atoms with E-state index < -0.39 is 5.54 Å². The van der Waals surface area contributed by atoms with Gasteiger partial charge in [0.1, 0.15) is 6.04 Å². The largest absolute Gasteiger partial charge is 0.468 e. The van der Waals surface area contributed by atoms with E-state index in [1.807, 2.05) is 72.8 Å². The van der Waals surface area contributed by atoms with Crippen molar-refractivity contribution in [2.45, 2.75) is 44.3 Å². The van der Waals surface area contributed by atoms with Crippen LogP contribution in [-0.2, 0) is 21.6 Å². The van der Waals surface area contributed by atoms with Crippen molar-refractivity contribution >= 4 is 5.97 Å². The number of methoxy groups -OCH3 is 1. The molecule has 236 valence electrons. The van der Waals surface area contributed by atoms with Crippen molar-refractivity contribution < 1.29 is 9.53 Å². The van der Waals surface area contributed by atoms with E-state index in [0.29, 0.717) is 12.4 Å². The van der Waals surface area contributed by atoms with E-state index in [1.165, 1.54) is 7.11 Å². The fourth-order valence-electron chi connectivity index (χ4n) is 6.18. The number of carbonyl (C=O) groups is 1. The first-order valence-electron chi connectivity index (χ1n) is 16.1. The molecule has 7 heteroatoms. The number of ether oxygens (including phenoxy) is 1. The predicted molar refractivity (Wildman–Crippen MR) is 185 cm³/mol. The summed E-state index contributed by atoms with van der Waals surface area (Å²) in [4.78, 5) is 14.0. The summed E-state index contributed by atoms with van der Waals surface area (Å²) in [6.45, 7) is 2.69. The van der Waals surface area contributed by atoms with Crippen molar-refractivity contribution in [3.05, 3.63) is 162 Å². The minimum atomic E-state index is -0.849. The van der Waals surface area contributed by atoms with Crippen LogP contribution in [0.15, 0.2) is 140 Å². The van der Waals surface area contributed by atoms with Gasteiger partial charge in [-0.2, -0.15) is 0 Å². The van der Waals surface area contributed by atoms with Gasteiger partial charge in [-0.3, -0.25) is 4.79 Å². The number of esters is 1. The number of aromatic nitrogens is 4. The zero-order chi connectivity index (χ0) is 32.5. The van der Waals surface area contributed by atoms with Gasteiger partial charge < -0.3 is 10.1 Å². The predicted octanol–water partition coefficient (Wildman–Crippen LogP) is 7.67. The molecule has 0 bridgehead atoms. The molecule has 0 amide bonds. The molecule has 0 fully saturated rings. The zero-order valence-electron chi connectivity index (χ0n) is 26.8. The number of nitrogens with one attached hydrogen (secondary N) is 1. The normalized spacial score (nSPS) is 12.0. The summed E-state index contributed by atoms with van der Waals surface area (Å²) in [6.07, 6.45) is 2.74. The van der Waals surface area contributed by atoms with Crippen molar-refractivity contribution in [2.24, 2.45) is 0 Å². The Morgan fingerprint density at radius 2 is 1.28 bits per heavy atom. The van der Waals surface area contributed by atoms with E-state index in [0.717, 1.165) is 58.2 Å². The van der Waals surface area contributed by atoms with Crippen LogP contribution >= 0.6 is 0 Å². The van der Waals surface area contributed by atoms with Crippen LogP contribution in [0.4, 0.5) is 0 Å². The number of benzene rings is 5. The van der Waals surface area contributed by atoms with E-state index in [4.69, 9.17) is 15.0 Å². The number of carbonyl (C=O) groups excluding carboxylic acids is 1. The molecule has 6 aromatic rings. The molecule has 0 aliphatic carbocycles. The van der Waals surface area contributed by atoms with Crippen molar-refractivity contribution in [1.29, 1.82) is 0 Å². The highest BCUT2D eigenvalue weighted by Gasteiger charge is 2.41. The molecule has 0 saturated heterocycles. The maximum Gasteiger partial charge on any atom is 0.322 e. The van der Waals surface area contributed by atoms with E-state index in [9.17, 15) is 4.79 Å². The first kappa shape index (κ1) is 31.6. The Balaban J connectivity index is 1.36. The lowest BCUT2D eigenvalue weighted by atomic mass is 9.77. The monoisotopic (exact) mass is 621 g/mol. The van der Waals surface area contributed by atoms with E-state index in [-0.39, 0.29) is 12.0 Å². The summed E-state index contributed by atoms with van der Waals surface area (Å²) in [5.74, 6) is 0.315. The second-order valence-corrected chi connectivity index (χ2v) is 11.6. The Morgan fingerprint density at radius 1 is 0.745 bits per heavy atom. The van der Waals surface area contributed by atoms with E-state index >= 15 is 0 Å². The Labute approximate surface area is 276 Å². The first-order valence-corrected chi connectivity index (χ1v) is 16.1. The summed E-state index contributed by atoms with van der Waals surface area (Å²) in [5.41, 5.74) is 6.26. The topological polar surface area (TPSA) is 81.9 Å². The summed E-state index contributed by atoms with van der Waals surface area (Å²) in [6, 6.07) is 47.2. The fraction of sp³-hybridized carbons (Fsp3) is 0.200. The van der Waals surface area contributed by atoms with Gasteiger partial charge in [-0.25, -0.2) is 0 Å². The van der Waals surface area contributed by atoms with E-state index in [2.05, 4.69) is 84.1 Å². The second kappa shape index (κ2) is 14.8. The number of unbranched alkanes of at least 4 members (excludes halogenated alkanes) is 1. The van der Waals surface area contributed by atoms with Gasteiger partial charge >= 0.3 is 5.97 Å². The molecule has 1 N–H and O–H groups in total. The highest BCUT2D eigenvalue weighted by Crippen LogP contribution is 2.40. The van der Waals surface area contributed by atoms with Crippen molar-refractivity contribution in [2.75, 3.05) is 7.11 Å². The molecule has 6 rings (SSSR count). The molecule has 1 atom stereocenters. The average molecular weight is 622 g/mol. The van der Waals surface area contributed by atoms with Crippen LogP contribution in [0.3, 0.4) is 0 Å². The molecule has 0 saturated carbocycles. The third kappa shape index (κ3) is 6.62. The Hall–Kier alpha value is -5.40. The number of hydrogen-bond acceptors (Lipinski definition) is 6. The van der Waals surface area contributed by atoms with Gasteiger partial charge in [-0.15, -0.1) is 15.0 Å². The molecule has 7 nitrogen and oxygen atoms in total. The number of nitrogens with zero attached hydrogens (tertiary/aromatic N) is 4. The number of hydrogen-bond donors (Lipinski definition) is 1. The molecule has 47 heavy (non-hydrogen) atoms. The van der Waals surface area contributed by atoms with Crippen LogP contribution in [0.2, 0.25) is 0 Å². The van der Waals surface area contributed by atoms with Gasteiger partial charge in [0.15, 0.2) is 5.54 Å². The molecule has 0 spiro atoms. The number of rotatable bonds is 13. The standard InChI is InChI=1S/C40H39N5O2/c1-3-4-24-37(39(46)47-2)41-29-30-25-27-31(28-26-30)35-22-14-15-23-36(35)38-42-44-45(43-38)40(32-16-8-5-9-17-32,33-18-10-6-11-19-33)34-20-12-7-13-21-34/h5-23,25-28,37,41H,3-4,24,29H2,1-2H3. The van der Waals surface area contributed by atoms with Crippen LogP contribution in [0, 0.1) is 0 Å². The maximum absolute atomic E-state index is 12.3. The highest BCUT2D eigenvalue weighted by molar-refractivity contribution is 5.80. The summed E-state index contributed by atoms with van der Waals surface area (Å²) in [7, 11) is 1.44. The number of tetrazole rings is 1. The van der Waals surface area contributed by atoms with Crippen LogP contribution in [0.25, 0.3) is 22.5 Å². The lowest BCUT2D eigenvalue weighted by Crippen LogP contribution is -2.39. The van der Waals surface area contributed by atoms with Crippen molar-refractivity contribution in [1.82, 2.24) is 25.5 Å². The molecule has 0 aliphatic rings. The smallest absolute Gasteiger partial charge is 0.322 e. The van der Waals surface area contributed by atoms with Crippen molar-refractivity contribution in [3.63, 3.8) is 0 Å². The zero-order valence-corrected chi connectivity index (χ0v) is 26.8. The third-order valence-corrected chi connectivity index (χ3v) is 8.61. The van der Waals surface area contributed by atoms with Crippen LogP contribution in [0.1, 0.15) is 48.4 Å². The van der Waals surface area contributed by atoms with Gasteiger partial charge in [-0.05, 0) is 45.0 Å². The molecular weight excluding hydrogens is 582 g/mol. The van der Waals surface area contributed by atoms with Gasteiger partial charge in [0.25, 0.3) is 0 Å². The first-order chi connectivity index (χ1) is 23.1. The molecule has 1 aromatic heterocycles. The molecule has 0 radical (unpaired) electrons. The van der Waals surface area contributed by atoms with Gasteiger partial charge in [0.2, 0.25) is 5.82 Å². The van der Waals surface area contributed by atoms with Gasteiger partial charge in [-0.1, -0.05) is 159 Å². The van der Waals surface area contributed by atoms with Gasteiger partial charge in [0.05, 0.1) is 7.11 Å². The average Bonchev–Trinajstić information content (AvgIpc) is 3.64. The van der Waals surface area contributed by atoms with E-state index in [1.54, 1.807) is 4.80 Å². The van der Waals surface area contributed by atoms with Crippen LogP contribution in [0.5, 0.6) is 0 Å². The minimum Gasteiger partial charge on any atom is -0.468 e. The lowest BCUT2D eigenvalue weighted by molar-refractivity contribution is -0.143. The maximum atomic E-state index is 12.3. The van der Waals surface area contributed by atoms with Crippen LogP contribution in [-0.4, -0.2) is 39.3 Å². The molecule has 5 aromatic carbocycles. The molecule has 1 unspecified atom stereocenters. The quantitative estimate of drug-likeness (QED) is 0.105. The highest BCUT2D eigenvalue weighted by atomic mass is 16.5. The van der Waals surface area contributed by atoms with Crippen LogP contribution < -0.4 is 5.32 Å². The summed E-state index contributed by atoms with van der Waals surface area (Å²) >= 11 is 0. The Morgan fingerprint density at radius 3 is 1.81 bits per heavy atom. The molecular formula is C40H39N5O2.